The zero-order valence-electron chi connectivity index (χ0n) is 8.43. The van der Waals surface area contributed by atoms with Crippen LogP contribution in [0.25, 0.3) is 11.0 Å². The Morgan fingerprint density at radius 1 is 0.929 bits per heavy atom. The lowest BCUT2D eigenvalue weighted by atomic mass is 10.1. The molecule has 1 heterocycles. The first kappa shape index (κ1) is 9.41. The molecule has 0 bridgehead atoms. The van der Waals surface area contributed by atoms with Gasteiger partial charge in [0.05, 0.1) is 16.7 Å². The van der Waals surface area contributed by atoms with E-state index in [1.54, 1.807) is 0 Å². The van der Waals surface area contributed by atoms with E-state index in [0.717, 1.165) is 16.7 Å². The molecule has 0 atom stereocenters. The smallest absolute Gasteiger partial charge is 0.150 e. The summed E-state index contributed by atoms with van der Waals surface area (Å²) in [6, 6.07) is 4.06. The second-order valence-electron chi connectivity index (χ2n) is 3.53. The molecule has 2 aromatic rings. The van der Waals surface area contributed by atoms with Crippen molar-refractivity contribution >= 4 is 22.6 Å². The molecule has 0 saturated heterocycles. The number of rotatable bonds is 0. The number of halogens is 1. The van der Waals surface area contributed by atoms with Crippen LogP contribution < -0.4 is 0 Å². The minimum absolute atomic E-state index is 0.487. The monoisotopic (exact) mass is 206 g/mol. The minimum atomic E-state index is 0.487. The first-order chi connectivity index (χ1) is 6.58. The number of nitrogens with zero attached hydrogens (tertiary/aromatic N) is 2. The van der Waals surface area contributed by atoms with Gasteiger partial charge in [0.25, 0.3) is 0 Å². The Morgan fingerprint density at radius 3 is 2.00 bits per heavy atom. The number of fused-ring (bicyclic) bond motifs is 1. The van der Waals surface area contributed by atoms with E-state index < -0.39 is 0 Å². The topological polar surface area (TPSA) is 25.8 Å². The second kappa shape index (κ2) is 3.21. The normalized spacial score (nSPS) is 10.9. The highest BCUT2D eigenvalue weighted by molar-refractivity contribution is 6.30. The number of hydrogen-bond acceptors (Lipinski definition) is 2. The van der Waals surface area contributed by atoms with Gasteiger partial charge in [-0.3, -0.25) is 0 Å². The van der Waals surface area contributed by atoms with Crippen molar-refractivity contribution < 1.29 is 0 Å². The molecule has 0 aliphatic heterocycles. The van der Waals surface area contributed by atoms with Gasteiger partial charge in [-0.15, -0.1) is 0 Å². The molecule has 0 fully saturated rings. The summed E-state index contributed by atoms with van der Waals surface area (Å²) in [6.07, 6.45) is 0. The van der Waals surface area contributed by atoms with E-state index in [2.05, 4.69) is 23.8 Å². The van der Waals surface area contributed by atoms with Gasteiger partial charge in [0.15, 0.2) is 5.15 Å². The zero-order valence-corrected chi connectivity index (χ0v) is 9.18. The molecule has 1 aromatic carbocycles. The van der Waals surface area contributed by atoms with E-state index in [4.69, 9.17) is 11.6 Å². The lowest BCUT2D eigenvalue weighted by molar-refractivity contribution is 1.17. The Hall–Kier alpha value is -1.15. The standard InChI is InChI=1S/C11H11ClN2/c1-6-4-9-10(5-7(6)2)14-11(12)8(3)13-9/h4-5H,1-3H3. The van der Waals surface area contributed by atoms with Crippen LogP contribution in [0.3, 0.4) is 0 Å². The van der Waals surface area contributed by atoms with E-state index in [0.29, 0.717) is 5.15 Å². The number of benzene rings is 1. The Kier molecular flexibility index (Phi) is 2.16. The molecule has 2 nitrogen and oxygen atoms in total. The zero-order chi connectivity index (χ0) is 10.3. The van der Waals surface area contributed by atoms with Crippen molar-refractivity contribution in [3.63, 3.8) is 0 Å². The van der Waals surface area contributed by atoms with Gasteiger partial charge >= 0.3 is 0 Å². The van der Waals surface area contributed by atoms with Crippen LogP contribution in [0.1, 0.15) is 16.8 Å². The summed E-state index contributed by atoms with van der Waals surface area (Å²) >= 11 is 5.91. The van der Waals surface area contributed by atoms with Gasteiger partial charge in [0.1, 0.15) is 0 Å². The fourth-order valence-electron chi connectivity index (χ4n) is 1.38. The predicted octanol–water partition coefficient (Wildman–Crippen LogP) is 3.21. The van der Waals surface area contributed by atoms with Crippen LogP contribution in [0.15, 0.2) is 12.1 Å². The molecule has 0 amide bonds. The third-order valence-corrected chi connectivity index (χ3v) is 2.75. The third kappa shape index (κ3) is 1.46. The Bertz CT molecular complexity index is 417. The van der Waals surface area contributed by atoms with E-state index in [-0.39, 0.29) is 0 Å². The lowest BCUT2D eigenvalue weighted by Gasteiger charge is -2.04. The molecular formula is C11H11ClN2. The predicted molar refractivity (Wildman–Crippen MR) is 58.8 cm³/mol. The molecular weight excluding hydrogens is 196 g/mol. The first-order valence-corrected chi connectivity index (χ1v) is 4.87. The van der Waals surface area contributed by atoms with Crippen molar-refractivity contribution in [2.45, 2.75) is 20.8 Å². The van der Waals surface area contributed by atoms with Crippen molar-refractivity contribution in [2.24, 2.45) is 0 Å². The Morgan fingerprint density at radius 2 is 1.43 bits per heavy atom. The molecule has 72 valence electrons. The molecule has 0 aliphatic rings. The van der Waals surface area contributed by atoms with Crippen molar-refractivity contribution in [3.8, 4) is 0 Å². The third-order valence-electron chi connectivity index (χ3n) is 2.40. The van der Waals surface area contributed by atoms with Crippen LogP contribution in [-0.2, 0) is 0 Å². The van der Waals surface area contributed by atoms with Gasteiger partial charge in [0.2, 0.25) is 0 Å². The molecule has 2 rings (SSSR count). The largest absolute Gasteiger partial charge is 0.248 e. The molecule has 3 heteroatoms. The van der Waals surface area contributed by atoms with Crippen LogP contribution in [0.5, 0.6) is 0 Å². The summed E-state index contributed by atoms with van der Waals surface area (Å²) in [5.74, 6) is 0. The summed E-state index contributed by atoms with van der Waals surface area (Å²) in [4.78, 5) is 8.66. The van der Waals surface area contributed by atoms with Gasteiger partial charge in [-0.05, 0) is 44.0 Å². The molecule has 0 N–H and O–H groups in total. The number of aryl methyl sites for hydroxylation is 3. The van der Waals surface area contributed by atoms with Crippen LogP contribution in [0, 0.1) is 20.8 Å². The number of aromatic nitrogens is 2. The molecule has 14 heavy (non-hydrogen) atoms. The van der Waals surface area contributed by atoms with Gasteiger partial charge in [-0.25, -0.2) is 9.97 Å². The lowest BCUT2D eigenvalue weighted by Crippen LogP contribution is -1.92. The summed E-state index contributed by atoms with van der Waals surface area (Å²) < 4.78 is 0. The number of hydrogen-bond donors (Lipinski definition) is 0. The maximum absolute atomic E-state index is 5.91. The fraction of sp³-hybridized carbons (Fsp3) is 0.273. The van der Waals surface area contributed by atoms with E-state index >= 15 is 0 Å². The fourth-order valence-corrected chi connectivity index (χ4v) is 1.51. The van der Waals surface area contributed by atoms with Crippen molar-refractivity contribution in [1.29, 1.82) is 0 Å². The maximum Gasteiger partial charge on any atom is 0.150 e. The second-order valence-corrected chi connectivity index (χ2v) is 3.88. The highest BCUT2D eigenvalue weighted by Crippen LogP contribution is 2.19. The summed E-state index contributed by atoms with van der Waals surface area (Å²) in [7, 11) is 0. The van der Waals surface area contributed by atoms with Crippen molar-refractivity contribution in [3.05, 3.63) is 34.1 Å². The quantitative estimate of drug-likeness (QED) is 0.662. The van der Waals surface area contributed by atoms with Gasteiger partial charge < -0.3 is 0 Å². The highest BCUT2D eigenvalue weighted by atomic mass is 35.5. The van der Waals surface area contributed by atoms with Gasteiger partial charge in [-0.2, -0.15) is 0 Å². The van der Waals surface area contributed by atoms with E-state index in [9.17, 15) is 0 Å². The van der Waals surface area contributed by atoms with E-state index in [1.807, 2.05) is 19.1 Å². The molecule has 0 radical (unpaired) electrons. The van der Waals surface area contributed by atoms with Crippen LogP contribution >= 0.6 is 11.6 Å². The van der Waals surface area contributed by atoms with Crippen LogP contribution in [0.4, 0.5) is 0 Å². The summed E-state index contributed by atoms with van der Waals surface area (Å²) in [5, 5.41) is 0.487. The molecule has 0 unspecified atom stereocenters. The first-order valence-electron chi connectivity index (χ1n) is 4.49. The molecule has 0 aliphatic carbocycles. The summed E-state index contributed by atoms with van der Waals surface area (Å²) in [6.45, 7) is 5.99. The highest BCUT2D eigenvalue weighted by Gasteiger charge is 2.04. The Balaban J connectivity index is 2.83. The van der Waals surface area contributed by atoms with Crippen LogP contribution in [0.2, 0.25) is 5.15 Å². The minimum Gasteiger partial charge on any atom is -0.248 e. The van der Waals surface area contributed by atoms with Crippen molar-refractivity contribution in [1.82, 2.24) is 9.97 Å². The summed E-state index contributed by atoms with van der Waals surface area (Å²) in [5.41, 5.74) is 5.00. The van der Waals surface area contributed by atoms with Crippen molar-refractivity contribution in [2.75, 3.05) is 0 Å². The molecule has 0 saturated carbocycles. The SMILES string of the molecule is Cc1cc2nc(C)c(Cl)nc2cc1C. The van der Waals surface area contributed by atoms with E-state index in [1.165, 1.54) is 11.1 Å². The molecule has 1 aromatic heterocycles. The van der Waals surface area contributed by atoms with Gasteiger partial charge in [-0.1, -0.05) is 11.6 Å². The maximum atomic E-state index is 5.91. The Labute approximate surface area is 88.0 Å². The van der Waals surface area contributed by atoms with Crippen LogP contribution in [-0.4, -0.2) is 9.97 Å². The average molecular weight is 207 g/mol. The van der Waals surface area contributed by atoms with Gasteiger partial charge in [0, 0.05) is 0 Å². The average Bonchev–Trinajstić information content (AvgIpc) is 2.11. The molecule has 0 spiro atoms.